The molecular weight excluding hydrogens is 356 g/mol. The van der Waals surface area contributed by atoms with Crippen LogP contribution in [0.2, 0.25) is 0 Å². The number of amides is 2. The van der Waals surface area contributed by atoms with E-state index in [9.17, 15) is 9.59 Å². The fourth-order valence-electron chi connectivity index (χ4n) is 3.30. The predicted octanol–water partition coefficient (Wildman–Crippen LogP) is 0.0610. The number of rotatable bonds is 9. The van der Waals surface area contributed by atoms with E-state index >= 15 is 0 Å². The van der Waals surface area contributed by atoms with Gasteiger partial charge in [0.15, 0.2) is 5.96 Å². The molecular formula is C20H32N6O2. The molecule has 1 aliphatic rings. The molecule has 1 atom stereocenters. The van der Waals surface area contributed by atoms with Gasteiger partial charge in [-0.1, -0.05) is 36.8 Å². The van der Waals surface area contributed by atoms with Crippen LogP contribution in [0.4, 0.5) is 0 Å². The lowest BCUT2D eigenvalue weighted by Gasteiger charge is -2.36. The lowest BCUT2D eigenvalue weighted by Crippen LogP contribution is -2.54. The molecule has 0 bridgehead atoms. The van der Waals surface area contributed by atoms with Gasteiger partial charge in [-0.25, -0.2) is 0 Å². The topological polar surface area (TPSA) is 131 Å². The van der Waals surface area contributed by atoms with Crippen LogP contribution in [0.1, 0.15) is 31.2 Å². The van der Waals surface area contributed by atoms with E-state index in [0.29, 0.717) is 45.6 Å². The van der Waals surface area contributed by atoms with E-state index in [1.807, 2.05) is 35.2 Å². The Kier molecular flexibility index (Phi) is 8.74. The van der Waals surface area contributed by atoms with Gasteiger partial charge in [0.25, 0.3) is 0 Å². The third kappa shape index (κ3) is 7.19. The molecule has 1 fully saturated rings. The zero-order chi connectivity index (χ0) is 20.4. The minimum atomic E-state index is -0.546. The number of aliphatic imine (C=N–C) groups is 1. The number of guanidine groups is 1. The molecule has 1 saturated heterocycles. The van der Waals surface area contributed by atoms with Crippen LogP contribution in [-0.4, -0.2) is 66.3 Å². The smallest absolute Gasteiger partial charge is 0.239 e. The summed E-state index contributed by atoms with van der Waals surface area (Å²) in [6, 6.07) is 9.23. The highest BCUT2D eigenvalue weighted by atomic mass is 16.2. The zero-order valence-electron chi connectivity index (χ0n) is 16.4. The van der Waals surface area contributed by atoms with Crippen molar-refractivity contribution in [2.45, 2.75) is 38.1 Å². The fourth-order valence-corrected chi connectivity index (χ4v) is 3.30. The maximum absolute atomic E-state index is 12.6. The Labute approximate surface area is 166 Å². The monoisotopic (exact) mass is 388 g/mol. The molecule has 0 saturated carbocycles. The van der Waals surface area contributed by atoms with Crippen LogP contribution >= 0.6 is 0 Å². The van der Waals surface area contributed by atoms with E-state index in [1.54, 1.807) is 4.90 Å². The summed E-state index contributed by atoms with van der Waals surface area (Å²) in [4.78, 5) is 32.4. The Morgan fingerprint density at radius 2 is 1.61 bits per heavy atom. The van der Waals surface area contributed by atoms with Gasteiger partial charge in [-0.3, -0.25) is 14.6 Å². The Balaban J connectivity index is 1.66. The minimum Gasteiger partial charge on any atom is -0.370 e. The molecule has 8 heteroatoms. The molecule has 0 aromatic heterocycles. The molecule has 2 rings (SSSR count). The SMILES string of the molecule is NC(N)=NCCCCCC(=O)N1CCN(C(=O)C(N)Cc2ccccc2)CC1. The molecule has 2 amide bonds. The molecule has 28 heavy (non-hydrogen) atoms. The first-order valence-corrected chi connectivity index (χ1v) is 9.89. The lowest BCUT2D eigenvalue weighted by atomic mass is 10.1. The van der Waals surface area contributed by atoms with Gasteiger partial charge in [0.1, 0.15) is 0 Å². The Bertz CT molecular complexity index is 652. The van der Waals surface area contributed by atoms with Gasteiger partial charge in [-0.15, -0.1) is 0 Å². The second kappa shape index (κ2) is 11.3. The van der Waals surface area contributed by atoms with Gasteiger partial charge in [0, 0.05) is 39.1 Å². The first-order chi connectivity index (χ1) is 13.5. The average Bonchev–Trinajstić information content (AvgIpc) is 2.70. The number of nitrogens with two attached hydrogens (primary N) is 3. The van der Waals surface area contributed by atoms with E-state index in [-0.39, 0.29) is 17.8 Å². The number of nitrogens with zero attached hydrogens (tertiary/aromatic N) is 3. The van der Waals surface area contributed by atoms with Gasteiger partial charge in [0.05, 0.1) is 6.04 Å². The fraction of sp³-hybridized carbons (Fsp3) is 0.550. The number of piperazine rings is 1. The Morgan fingerprint density at radius 3 is 2.25 bits per heavy atom. The summed E-state index contributed by atoms with van der Waals surface area (Å²) < 4.78 is 0. The van der Waals surface area contributed by atoms with Crippen molar-refractivity contribution in [2.24, 2.45) is 22.2 Å². The highest BCUT2D eigenvalue weighted by Gasteiger charge is 2.27. The number of benzene rings is 1. The van der Waals surface area contributed by atoms with Gasteiger partial charge < -0.3 is 27.0 Å². The van der Waals surface area contributed by atoms with Crippen molar-refractivity contribution in [1.29, 1.82) is 0 Å². The highest BCUT2D eigenvalue weighted by molar-refractivity contribution is 5.82. The van der Waals surface area contributed by atoms with Crippen molar-refractivity contribution in [3.8, 4) is 0 Å². The second-order valence-corrected chi connectivity index (χ2v) is 7.12. The molecule has 6 N–H and O–H groups in total. The second-order valence-electron chi connectivity index (χ2n) is 7.12. The first-order valence-electron chi connectivity index (χ1n) is 9.89. The van der Waals surface area contributed by atoms with Crippen molar-refractivity contribution in [2.75, 3.05) is 32.7 Å². The largest absolute Gasteiger partial charge is 0.370 e. The summed E-state index contributed by atoms with van der Waals surface area (Å²) in [5.41, 5.74) is 17.7. The molecule has 8 nitrogen and oxygen atoms in total. The summed E-state index contributed by atoms with van der Waals surface area (Å²) in [7, 11) is 0. The van der Waals surface area contributed by atoms with Crippen LogP contribution in [0, 0.1) is 0 Å². The van der Waals surface area contributed by atoms with Crippen LogP contribution < -0.4 is 17.2 Å². The van der Waals surface area contributed by atoms with Crippen molar-refractivity contribution in [1.82, 2.24) is 9.80 Å². The molecule has 0 radical (unpaired) electrons. The zero-order valence-corrected chi connectivity index (χ0v) is 16.4. The average molecular weight is 389 g/mol. The summed E-state index contributed by atoms with van der Waals surface area (Å²) in [6.07, 6.45) is 3.64. The van der Waals surface area contributed by atoms with Crippen LogP contribution in [0.5, 0.6) is 0 Å². The number of hydrogen-bond donors (Lipinski definition) is 3. The predicted molar refractivity (Wildman–Crippen MR) is 110 cm³/mol. The number of carbonyl (C=O) groups excluding carboxylic acids is 2. The summed E-state index contributed by atoms with van der Waals surface area (Å²) >= 11 is 0. The Morgan fingerprint density at radius 1 is 0.964 bits per heavy atom. The third-order valence-corrected chi connectivity index (χ3v) is 4.90. The molecule has 1 heterocycles. The minimum absolute atomic E-state index is 0.0457. The summed E-state index contributed by atoms with van der Waals surface area (Å²) in [6.45, 7) is 2.81. The van der Waals surface area contributed by atoms with Crippen molar-refractivity contribution in [3.05, 3.63) is 35.9 Å². The maximum Gasteiger partial charge on any atom is 0.239 e. The Hall–Kier alpha value is -2.61. The van der Waals surface area contributed by atoms with Crippen LogP contribution in [-0.2, 0) is 16.0 Å². The van der Waals surface area contributed by atoms with Crippen molar-refractivity contribution in [3.63, 3.8) is 0 Å². The van der Waals surface area contributed by atoms with E-state index in [0.717, 1.165) is 24.8 Å². The van der Waals surface area contributed by atoms with Gasteiger partial charge in [0.2, 0.25) is 11.8 Å². The molecule has 154 valence electrons. The van der Waals surface area contributed by atoms with E-state index in [4.69, 9.17) is 17.2 Å². The van der Waals surface area contributed by atoms with Crippen LogP contribution in [0.15, 0.2) is 35.3 Å². The number of unbranched alkanes of at least 4 members (excludes halogenated alkanes) is 2. The molecule has 0 aliphatic carbocycles. The first kappa shape index (κ1) is 21.7. The van der Waals surface area contributed by atoms with E-state index in [2.05, 4.69) is 4.99 Å². The summed E-state index contributed by atoms with van der Waals surface area (Å²) in [5.74, 6) is 0.199. The maximum atomic E-state index is 12.6. The molecule has 1 aromatic rings. The molecule has 1 aromatic carbocycles. The standard InChI is InChI=1S/C20H32N6O2/c21-17(15-16-7-3-1-4-8-16)19(28)26-13-11-25(12-14-26)18(27)9-5-2-6-10-24-20(22)23/h1,3-4,7-8,17H,2,5-6,9-15,21H2,(H4,22,23,24). The van der Waals surface area contributed by atoms with Gasteiger partial charge in [-0.2, -0.15) is 0 Å². The van der Waals surface area contributed by atoms with Crippen LogP contribution in [0.25, 0.3) is 0 Å². The molecule has 0 spiro atoms. The van der Waals surface area contributed by atoms with E-state index < -0.39 is 6.04 Å². The molecule has 1 unspecified atom stereocenters. The van der Waals surface area contributed by atoms with Gasteiger partial charge >= 0.3 is 0 Å². The normalized spacial score (nSPS) is 15.2. The highest BCUT2D eigenvalue weighted by Crippen LogP contribution is 2.10. The van der Waals surface area contributed by atoms with Crippen molar-refractivity contribution < 1.29 is 9.59 Å². The van der Waals surface area contributed by atoms with E-state index in [1.165, 1.54) is 0 Å². The quantitative estimate of drug-likeness (QED) is 0.313. The lowest BCUT2D eigenvalue weighted by molar-refractivity contribution is -0.140. The van der Waals surface area contributed by atoms with Crippen LogP contribution in [0.3, 0.4) is 0 Å². The third-order valence-electron chi connectivity index (χ3n) is 4.90. The summed E-state index contributed by atoms with van der Waals surface area (Å²) in [5, 5.41) is 0. The number of hydrogen-bond acceptors (Lipinski definition) is 4. The van der Waals surface area contributed by atoms with Gasteiger partial charge in [-0.05, 0) is 24.8 Å². The van der Waals surface area contributed by atoms with Crippen molar-refractivity contribution >= 4 is 17.8 Å². The number of carbonyl (C=O) groups is 2. The molecule has 1 aliphatic heterocycles.